The molecule has 0 unspecified atom stereocenters. The molecule has 0 aliphatic rings. The van der Waals surface area contributed by atoms with Crippen molar-refractivity contribution in [2.75, 3.05) is 6.61 Å². The van der Waals surface area contributed by atoms with Crippen LogP contribution in [0.15, 0.2) is 16.6 Å². The Morgan fingerprint density at radius 3 is 2.64 bits per heavy atom. The van der Waals surface area contributed by atoms with Gasteiger partial charge in [0.05, 0.1) is 12.2 Å². The SMILES string of the molecule is CCOc1cc(CC)c(Br)cc1C=O. The third-order valence-electron chi connectivity index (χ3n) is 1.99. The molecule has 0 aromatic heterocycles. The van der Waals surface area contributed by atoms with Gasteiger partial charge in [0.25, 0.3) is 0 Å². The van der Waals surface area contributed by atoms with E-state index in [1.807, 2.05) is 13.0 Å². The quantitative estimate of drug-likeness (QED) is 0.774. The number of rotatable bonds is 4. The molecule has 76 valence electrons. The van der Waals surface area contributed by atoms with Crippen LogP contribution >= 0.6 is 15.9 Å². The van der Waals surface area contributed by atoms with Gasteiger partial charge in [-0.2, -0.15) is 0 Å². The van der Waals surface area contributed by atoms with E-state index in [0.717, 1.165) is 22.7 Å². The van der Waals surface area contributed by atoms with Crippen molar-refractivity contribution in [3.63, 3.8) is 0 Å². The van der Waals surface area contributed by atoms with Crippen LogP contribution in [0.4, 0.5) is 0 Å². The first-order chi connectivity index (χ1) is 6.72. The van der Waals surface area contributed by atoms with Gasteiger partial charge in [-0.1, -0.05) is 22.9 Å². The van der Waals surface area contributed by atoms with Crippen LogP contribution in [0.2, 0.25) is 0 Å². The first-order valence-corrected chi connectivity index (χ1v) is 5.42. The molecule has 0 saturated carbocycles. The lowest BCUT2D eigenvalue weighted by Gasteiger charge is -2.09. The zero-order valence-corrected chi connectivity index (χ0v) is 9.93. The van der Waals surface area contributed by atoms with Crippen molar-refractivity contribution in [1.29, 1.82) is 0 Å². The maximum atomic E-state index is 10.8. The molecule has 3 heteroatoms. The molecule has 1 aromatic rings. The number of carbonyl (C=O) groups excluding carboxylic acids is 1. The maximum absolute atomic E-state index is 10.8. The Bertz CT molecular complexity index is 334. The Labute approximate surface area is 92.4 Å². The van der Waals surface area contributed by atoms with Crippen LogP contribution in [-0.4, -0.2) is 12.9 Å². The smallest absolute Gasteiger partial charge is 0.153 e. The summed E-state index contributed by atoms with van der Waals surface area (Å²) in [5.41, 5.74) is 1.75. The van der Waals surface area contributed by atoms with Crippen molar-refractivity contribution in [1.82, 2.24) is 0 Å². The molecular formula is C11H13BrO2. The number of aldehydes is 1. The van der Waals surface area contributed by atoms with Crippen LogP contribution in [0, 0.1) is 0 Å². The highest BCUT2D eigenvalue weighted by Gasteiger charge is 2.07. The van der Waals surface area contributed by atoms with Crippen molar-refractivity contribution in [3.05, 3.63) is 27.7 Å². The lowest BCUT2D eigenvalue weighted by molar-refractivity contribution is 0.112. The van der Waals surface area contributed by atoms with Gasteiger partial charge in [-0.15, -0.1) is 0 Å². The predicted octanol–water partition coefficient (Wildman–Crippen LogP) is 3.22. The summed E-state index contributed by atoms with van der Waals surface area (Å²) in [4.78, 5) is 10.8. The predicted molar refractivity (Wildman–Crippen MR) is 60.1 cm³/mol. The molecule has 0 atom stereocenters. The number of hydrogen-bond donors (Lipinski definition) is 0. The fraction of sp³-hybridized carbons (Fsp3) is 0.364. The highest BCUT2D eigenvalue weighted by molar-refractivity contribution is 9.10. The van der Waals surface area contributed by atoms with Crippen LogP contribution in [0.1, 0.15) is 29.8 Å². The van der Waals surface area contributed by atoms with Crippen molar-refractivity contribution in [2.45, 2.75) is 20.3 Å². The van der Waals surface area contributed by atoms with Gasteiger partial charge >= 0.3 is 0 Å². The van der Waals surface area contributed by atoms with Gasteiger partial charge in [0.15, 0.2) is 6.29 Å². The highest BCUT2D eigenvalue weighted by Crippen LogP contribution is 2.26. The monoisotopic (exact) mass is 256 g/mol. The Morgan fingerprint density at radius 2 is 2.14 bits per heavy atom. The molecule has 0 amide bonds. The Balaban J connectivity index is 3.17. The lowest BCUT2D eigenvalue weighted by Crippen LogP contribution is -1.98. The fourth-order valence-corrected chi connectivity index (χ4v) is 1.90. The van der Waals surface area contributed by atoms with E-state index < -0.39 is 0 Å². The van der Waals surface area contributed by atoms with Crippen LogP contribution in [0.5, 0.6) is 5.75 Å². The van der Waals surface area contributed by atoms with Gasteiger partial charge in [-0.3, -0.25) is 4.79 Å². The van der Waals surface area contributed by atoms with Crippen molar-refractivity contribution < 1.29 is 9.53 Å². The van der Waals surface area contributed by atoms with E-state index in [4.69, 9.17) is 4.74 Å². The maximum Gasteiger partial charge on any atom is 0.153 e. The van der Waals surface area contributed by atoms with Crippen LogP contribution in [-0.2, 0) is 6.42 Å². The van der Waals surface area contributed by atoms with Crippen LogP contribution in [0.25, 0.3) is 0 Å². The molecule has 0 aliphatic heterocycles. The summed E-state index contributed by atoms with van der Waals surface area (Å²) < 4.78 is 6.34. The molecule has 1 aromatic carbocycles. The molecule has 0 heterocycles. The molecule has 0 fully saturated rings. The zero-order chi connectivity index (χ0) is 10.6. The minimum atomic E-state index is 0.575. The van der Waals surface area contributed by atoms with E-state index in [9.17, 15) is 4.79 Å². The van der Waals surface area contributed by atoms with Crippen molar-refractivity contribution in [2.24, 2.45) is 0 Å². The molecule has 0 radical (unpaired) electrons. The third kappa shape index (κ3) is 2.35. The van der Waals surface area contributed by atoms with Crippen molar-refractivity contribution >= 4 is 22.2 Å². The van der Waals surface area contributed by atoms with Gasteiger partial charge in [0.1, 0.15) is 5.75 Å². The summed E-state index contributed by atoms with van der Waals surface area (Å²) in [6, 6.07) is 3.72. The molecule has 0 saturated heterocycles. The van der Waals surface area contributed by atoms with Gasteiger partial charge < -0.3 is 4.74 Å². The second-order valence-electron chi connectivity index (χ2n) is 2.89. The van der Waals surface area contributed by atoms with Crippen molar-refractivity contribution in [3.8, 4) is 5.75 Å². The van der Waals surface area contributed by atoms with E-state index in [2.05, 4.69) is 22.9 Å². The molecule has 2 nitrogen and oxygen atoms in total. The summed E-state index contributed by atoms with van der Waals surface area (Å²) in [7, 11) is 0. The van der Waals surface area contributed by atoms with E-state index in [1.54, 1.807) is 6.07 Å². The van der Waals surface area contributed by atoms with Gasteiger partial charge in [0.2, 0.25) is 0 Å². The molecule has 0 spiro atoms. The largest absolute Gasteiger partial charge is 0.493 e. The topological polar surface area (TPSA) is 26.3 Å². The van der Waals surface area contributed by atoms with E-state index in [-0.39, 0.29) is 0 Å². The summed E-state index contributed by atoms with van der Waals surface area (Å²) in [5.74, 6) is 0.669. The van der Waals surface area contributed by atoms with Gasteiger partial charge in [-0.05, 0) is 31.0 Å². The molecule has 0 N–H and O–H groups in total. The standard InChI is InChI=1S/C11H13BrO2/c1-3-8-6-11(14-4-2)9(7-13)5-10(8)12/h5-7H,3-4H2,1-2H3. The number of halogens is 1. The Kier molecular flexibility index (Phi) is 4.14. The minimum Gasteiger partial charge on any atom is -0.493 e. The molecular weight excluding hydrogens is 244 g/mol. The summed E-state index contributed by atoms with van der Waals surface area (Å²) >= 11 is 3.42. The minimum absolute atomic E-state index is 0.575. The Hall–Kier alpha value is -0.830. The molecule has 1 rings (SSSR count). The normalized spacial score (nSPS) is 9.93. The summed E-state index contributed by atoms with van der Waals surface area (Å²) in [5, 5.41) is 0. The summed E-state index contributed by atoms with van der Waals surface area (Å²) in [6.07, 6.45) is 1.73. The van der Waals surface area contributed by atoms with E-state index >= 15 is 0 Å². The number of benzene rings is 1. The fourth-order valence-electron chi connectivity index (χ4n) is 1.25. The van der Waals surface area contributed by atoms with Crippen LogP contribution in [0.3, 0.4) is 0 Å². The van der Waals surface area contributed by atoms with Gasteiger partial charge in [-0.25, -0.2) is 0 Å². The van der Waals surface area contributed by atoms with E-state index in [1.165, 1.54) is 0 Å². The van der Waals surface area contributed by atoms with Crippen LogP contribution < -0.4 is 4.74 Å². The first-order valence-electron chi connectivity index (χ1n) is 4.63. The Morgan fingerprint density at radius 1 is 1.43 bits per heavy atom. The first kappa shape index (κ1) is 11.2. The van der Waals surface area contributed by atoms with E-state index in [0.29, 0.717) is 17.9 Å². The number of carbonyl (C=O) groups is 1. The van der Waals surface area contributed by atoms with Gasteiger partial charge in [0, 0.05) is 4.47 Å². The number of aryl methyl sites for hydroxylation is 1. The lowest BCUT2D eigenvalue weighted by atomic mass is 10.1. The second-order valence-corrected chi connectivity index (χ2v) is 3.74. The third-order valence-corrected chi connectivity index (χ3v) is 2.72. The molecule has 0 bridgehead atoms. The zero-order valence-electron chi connectivity index (χ0n) is 8.34. The molecule has 0 aliphatic carbocycles. The molecule has 14 heavy (non-hydrogen) atoms. The average molecular weight is 257 g/mol. The number of hydrogen-bond acceptors (Lipinski definition) is 2. The average Bonchev–Trinajstić information content (AvgIpc) is 2.20. The summed E-state index contributed by atoms with van der Waals surface area (Å²) in [6.45, 7) is 4.55. The highest BCUT2D eigenvalue weighted by atomic mass is 79.9. The number of ether oxygens (including phenoxy) is 1. The second kappa shape index (κ2) is 5.15.